The van der Waals surface area contributed by atoms with Gasteiger partial charge in [0.25, 0.3) is 0 Å². The molecule has 1 rings (SSSR count). The predicted octanol–water partition coefficient (Wildman–Crippen LogP) is 1.81. The number of nitrogens with zero attached hydrogens (tertiary/aromatic N) is 1. The lowest BCUT2D eigenvalue weighted by Crippen LogP contribution is -2.02. The Kier molecular flexibility index (Phi) is 3.03. The largest absolute Gasteiger partial charge is 0.478 e. The molecule has 0 aliphatic heterocycles. The fraction of sp³-hybridized carbons (Fsp3) is 0.125. The van der Waals surface area contributed by atoms with Crippen LogP contribution in [-0.2, 0) is 6.54 Å². The van der Waals surface area contributed by atoms with Crippen LogP contribution in [-0.4, -0.2) is 16.0 Å². The van der Waals surface area contributed by atoms with E-state index in [4.69, 9.17) is 16.7 Å². The maximum atomic E-state index is 10.6. The SMILES string of the molecule is O=C(O)c1cc(Cl)cc(C[N+](=O)[O-])c1. The minimum atomic E-state index is -1.16. The van der Waals surface area contributed by atoms with E-state index in [-0.39, 0.29) is 16.1 Å². The van der Waals surface area contributed by atoms with E-state index in [1.165, 1.54) is 18.2 Å². The molecule has 0 heterocycles. The molecule has 14 heavy (non-hydrogen) atoms. The average molecular weight is 216 g/mol. The zero-order valence-electron chi connectivity index (χ0n) is 6.94. The molecule has 1 N–H and O–H groups in total. The standard InChI is InChI=1S/C8H6ClNO4/c9-7-2-5(4-10(13)14)1-6(3-7)8(11)12/h1-3H,4H2,(H,11,12). The molecule has 0 fully saturated rings. The van der Waals surface area contributed by atoms with Crippen LogP contribution >= 0.6 is 11.6 Å². The highest BCUT2D eigenvalue weighted by molar-refractivity contribution is 6.31. The molecule has 0 unspecified atom stereocenters. The summed E-state index contributed by atoms with van der Waals surface area (Å²) in [6.07, 6.45) is 0. The number of carbonyl (C=O) groups is 1. The first-order chi connectivity index (χ1) is 6.49. The topological polar surface area (TPSA) is 80.4 Å². The molecule has 0 amide bonds. The minimum Gasteiger partial charge on any atom is -0.478 e. The van der Waals surface area contributed by atoms with Crippen LogP contribution < -0.4 is 0 Å². The van der Waals surface area contributed by atoms with E-state index in [2.05, 4.69) is 0 Å². The van der Waals surface area contributed by atoms with E-state index < -0.39 is 17.4 Å². The number of carboxylic acid groups (broad SMARTS) is 1. The van der Waals surface area contributed by atoms with Gasteiger partial charge < -0.3 is 5.11 Å². The van der Waals surface area contributed by atoms with Gasteiger partial charge >= 0.3 is 5.97 Å². The lowest BCUT2D eigenvalue weighted by Gasteiger charge is -1.99. The molecule has 5 nitrogen and oxygen atoms in total. The van der Waals surface area contributed by atoms with Gasteiger partial charge in [-0.15, -0.1) is 0 Å². The summed E-state index contributed by atoms with van der Waals surface area (Å²) in [6.45, 7) is -0.430. The molecule has 74 valence electrons. The predicted molar refractivity (Wildman–Crippen MR) is 49.1 cm³/mol. The van der Waals surface area contributed by atoms with Gasteiger partial charge in [-0.1, -0.05) is 11.6 Å². The van der Waals surface area contributed by atoms with Crippen LogP contribution in [0.3, 0.4) is 0 Å². The maximum absolute atomic E-state index is 10.6. The highest BCUT2D eigenvalue weighted by Gasteiger charge is 2.09. The molecule has 0 aromatic heterocycles. The number of aromatic carboxylic acids is 1. The lowest BCUT2D eigenvalue weighted by molar-refractivity contribution is -0.496. The highest BCUT2D eigenvalue weighted by atomic mass is 35.5. The van der Waals surface area contributed by atoms with Gasteiger partial charge in [-0.2, -0.15) is 0 Å². The van der Waals surface area contributed by atoms with Gasteiger partial charge in [0.05, 0.1) is 5.56 Å². The number of nitro groups is 1. The van der Waals surface area contributed by atoms with Gasteiger partial charge in [0.2, 0.25) is 6.54 Å². The number of hydrogen-bond acceptors (Lipinski definition) is 3. The van der Waals surface area contributed by atoms with E-state index in [9.17, 15) is 14.9 Å². The van der Waals surface area contributed by atoms with Crippen molar-refractivity contribution in [3.8, 4) is 0 Å². The third kappa shape index (κ3) is 2.70. The smallest absolute Gasteiger partial charge is 0.335 e. The van der Waals surface area contributed by atoms with Crippen molar-refractivity contribution in [1.29, 1.82) is 0 Å². The number of hydrogen-bond donors (Lipinski definition) is 1. The van der Waals surface area contributed by atoms with Gasteiger partial charge in [0, 0.05) is 15.5 Å². The van der Waals surface area contributed by atoms with E-state index in [1.807, 2.05) is 0 Å². The van der Waals surface area contributed by atoms with Crippen molar-refractivity contribution in [1.82, 2.24) is 0 Å². The monoisotopic (exact) mass is 215 g/mol. The third-order valence-electron chi connectivity index (χ3n) is 1.52. The van der Waals surface area contributed by atoms with Crippen LogP contribution in [0.4, 0.5) is 0 Å². The molecule has 1 aromatic carbocycles. The van der Waals surface area contributed by atoms with Gasteiger partial charge in [-0.25, -0.2) is 4.79 Å². The Labute approximate surface area is 84.1 Å². The Hall–Kier alpha value is -1.62. The van der Waals surface area contributed by atoms with Crippen LogP contribution in [0.15, 0.2) is 18.2 Å². The molecule has 0 saturated heterocycles. The van der Waals surface area contributed by atoms with Crippen molar-refractivity contribution in [2.75, 3.05) is 0 Å². The van der Waals surface area contributed by atoms with Gasteiger partial charge in [-0.3, -0.25) is 10.1 Å². The van der Waals surface area contributed by atoms with Gasteiger partial charge in [-0.05, 0) is 18.2 Å². The van der Waals surface area contributed by atoms with Crippen molar-refractivity contribution >= 4 is 17.6 Å². The molecule has 0 aliphatic carbocycles. The van der Waals surface area contributed by atoms with Crippen LogP contribution in [0.5, 0.6) is 0 Å². The molecule has 0 radical (unpaired) electrons. The second kappa shape index (κ2) is 4.06. The summed E-state index contributed by atoms with van der Waals surface area (Å²) in [5.41, 5.74) is 0.231. The Bertz CT molecular complexity index is 391. The third-order valence-corrected chi connectivity index (χ3v) is 1.73. The Morgan fingerprint density at radius 3 is 2.64 bits per heavy atom. The maximum Gasteiger partial charge on any atom is 0.335 e. The number of carboxylic acids is 1. The fourth-order valence-electron chi connectivity index (χ4n) is 1.01. The average Bonchev–Trinajstić information content (AvgIpc) is 2.01. The number of halogens is 1. The molecular formula is C8H6ClNO4. The van der Waals surface area contributed by atoms with Crippen molar-refractivity contribution in [2.24, 2.45) is 0 Å². The quantitative estimate of drug-likeness (QED) is 0.616. The fourth-order valence-corrected chi connectivity index (χ4v) is 1.27. The number of rotatable bonds is 3. The molecule has 0 spiro atoms. The zero-order valence-corrected chi connectivity index (χ0v) is 7.69. The molecule has 6 heteroatoms. The minimum absolute atomic E-state index is 0.0469. The van der Waals surface area contributed by atoms with Gasteiger partial charge in [0.1, 0.15) is 0 Å². The van der Waals surface area contributed by atoms with Crippen LogP contribution in [0, 0.1) is 10.1 Å². The molecule has 0 atom stereocenters. The van der Waals surface area contributed by atoms with Crippen LogP contribution in [0.1, 0.15) is 15.9 Å². The summed E-state index contributed by atoms with van der Waals surface area (Å²) in [5.74, 6) is -1.16. The molecule has 0 aliphatic rings. The summed E-state index contributed by atoms with van der Waals surface area (Å²) in [7, 11) is 0. The first kappa shape index (κ1) is 10.5. The van der Waals surface area contributed by atoms with Crippen molar-refractivity contribution < 1.29 is 14.8 Å². The van der Waals surface area contributed by atoms with Gasteiger partial charge in [0.15, 0.2) is 0 Å². The number of benzene rings is 1. The summed E-state index contributed by atoms with van der Waals surface area (Å²) in [5, 5.41) is 19.0. The van der Waals surface area contributed by atoms with Crippen LogP contribution in [0.25, 0.3) is 0 Å². The Morgan fingerprint density at radius 2 is 2.14 bits per heavy atom. The molecule has 0 saturated carbocycles. The second-order valence-electron chi connectivity index (χ2n) is 2.64. The van der Waals surface area contributed by atoms with Crippen molar-refractivity contribution in [3.63, 3.8) is 0 Å². The first-order valence-electron chi connectivity index (χ1n) is 3.63. The van der Waals surface area contributed by atoms with E-state index in [0.717, 1.165) is 0 Å². The van der Waals surface area contributed by atoms with E-state index in [1.54, 1.807) is 0 Å². The van der Waals surface area contributed by atoms with Crippen molar-refractivity contribution in [2.45, 2.75) is 6.54 Å². The van der Waals surface area contributed by atoms with Crippen molar-refractivity contribution in [3.05, 3.63) is 44.5 Å². The zero-order chi connectivity index (χ0) is 10.7. The summed E-state index contributed by atoms with van der Waals surface area (Å²) < 4.78 is 0. The van der Waals surface area contributed by atoms with E-state index in [0.29, 0.717) is 0 Å². The highest BCUT2D eigenvalue weighted by Crippen LogP contribution is 2.15. The first-order valence-corrected chi connectivity index (χ1v) is 4.01. The molecular weight excluding hydrogens is 210 g/mol. The summed E-state index contributed by atoms with van der Waals surface area (Å²) >= 11 is 5.59. The Morgan fingerprint density at radius 1 is 1.50 bits per heavy atom. The lowest BCUT2D eigenvalue weighted by atomic mass is 10.1. The van der Waals surface area contributed by atoms with E-state index >= 15 is 0 Å². The normalized spacial score (nSPS) is 9.79. The Balaban J connectivity index is 3.07. The summed E-state index contributed by atoms with van der Waals surface area (Å²) in [6, 6.07) is 3.85. The second-order valence-corrected chi connectivity index (χ2v) is 3.08. The molecule has 0 bridgehead atoms. The van der Waals surface area contributed by atoms with Crippen LogP contribution in [0.2, 0.25) is 5.02 Å². The summed E-state index contributed by atoms with van der Waals surface area (Å²) in [4.78, 5) is 20.2. The molecule has 1 aromatic rings.